The van der Waals surface area contributed by atoms with Crippen molar-refractivity contribution in [3.05, 3.63) is 0 Å². The second-order valence-electron chi connectivity index (χ2n) is 5.77. The summed E-state index contributed by atoms with van der Waals surface area (Å²) in [5.41, 5.74) is 0. The van der Waals surface area contributed by atoms with Crippen LogP contribution in [0, 0.1) is 5.92 Å². The van der Waals surface area contributed by atoms with Gasteiger partial charge >= 0.3 is 0 Å². The summed E-state index contributed by atoms with van der Waals surface area (Å²) in [6.45, 7) is 2.86. The third-order valence-electron chi connectivity index (χ3n) is 4.80. The van der Waals surface area contributed by atoms with Crippen molar-refractivity contribution >= 4 is 5.91 Å². The molecule has 0 aromatic heterocycles. The third-order valence-corrected chi connectivity index (χ3v) is 4.80. The topological polar surface area (TPSA) is 41.6 Å². The Kier molecular flexibility index (Phi) is 2.87. The molecule has 3 saturated heterocycles. The van der Waals surface area contributed by atoms with Gasteiger partial charge in [0.1, 0.15) is 0 Å². The van der Waals surface area contributed by atoms with Gasteiger partial charge in [-0.1, -0.05) is 0 Å². The van der Waals surface area contributed by atoms with Crippen molar-refractivity contribution in [2.45, 2.75) is 56.8 Å². The van der Waals surface area contributed by atoms with Crippen molar-refractivity contribution in [1.29, 1.82) is 0 Å². The number of carbonyl (C=O) groups is 1. The summed E-state index contributed by atoms with van der Waals surface area (Å²) in [6.07, 6.45) is 4.63. The van der Waals surface area contributed by atoms with E-state index < -0.39 is 0 Å². The number of amides is 1. The van der Waals surface area contributed by atoms with Crippen LogP contribution in [-0.4, -0.2) is 48.7 Å². The summed E-state index contributed by atoms with van der Waals surface area (Å²) in [5.74, 6) is 0.540. The highest BCUT2D eigenvalue weighted by atomic mass is 16.5. The SMILES string of the molecule is CC1OCCC1N(C)C(=O)C1CC2CCC1N2. The highest BCUT2D eigenvalue weighted by molar-refractivity contribution is 5.80. The Hall–Kier alpha value is -0.610. The second kappa shape index (κ2) is 4.25. The molecule has 0 saturated carbocycles. The molecule has 0 aromatic carbocycles. The predicted molar refractivity (Wildman–Crippen MR) is 64.6 cm³/mol. The molecule has 1 N–H and O–H groups in total. The molecule has 3 rings (SSSR count). The molecule has 96 valence electrons. The Morgan fingerprint density at radius 3 is 2.71 bits per heavy atom. The number of nitrogens with one attached hydrogen (secondary N) is 1. The van der Waals surface area contributed by atoms with Gasteiger partial charge in [-0.15, -0.1) is 0 Å². The van der Waals surface area contributed by atoms with Crippen LogP contribution >= 0.6 is 0 Å². The molecule has 0 spiro atoms. The van der Waals surface area contributed by atoms with Gasteiger partial charge in [0, 0.05) is 25.7 Å². The van der Waals surface area contributed by atoms with Crippen LogP contribution in [-0.2, 0) is 9.53 Å². The molecular weight excluding hydrogens is 216 g/mol. The number of ether oxygens (including phenoxy) is 1. The molecule has 0 aliphatic carbocycles. The fraction of sp³-hybridized carbons (Fsp3) is 0.923. The number of nitrogens with zero attached hydrogens (tertiary/aromatic N) is 1. The largest absolute Gasteiger partial charge is 0.376 e. The van der Waals surface area contributed by atoms with Gasteiger partial charge in [-0.25, -0.2) is 0 Å². The van der Waals surface area contributed by atoms with Crippen molar-refractivity contribution in [2.24, 2.45) is 5.92 Å². The van der Waals surface area contributed by atoms with Crippen molar-refractivity contribution in [1.82, 2.24) is 10.2 Å². The maximum absolute atomic E-state index is 12.5. The average molecular weight is 238 g/mol. The molecule has 4 heteroatoms. The molecule has 0 aromatic rings. The molecule has 3 fully saturated rings. The Morgan fingerprint density at radius 2 is 2.18 bits per heavy atom. The van der Waals surface area contributed by atoms with Crippen molar-refractivity contribution in [2.75, 3.05) is 13.7 Å². The lowest BCUT2D eigenvalue weighted by atomic mass is 9.87. The van der Waals surface area contributed by atoms with Crippen LogP contribution in [0.2, 0.25) is 0 Å². The molecule has 3 aliphatic heterocycles. The minimum Gasteiger partial charge on any atom is -0.376 e. The number of carbonyl (C=O) groups excluding carboxylic acids is 1. The molecule has 3 aliphatic rings. The zero-order chi connectivity index (χ0) is 12.0. The summed E-state index contributed by atoms with van der Waals surface area (Å²) in [7, 11) is 1.95. The van der Waals surface area contributed by atoms with Gasteiger partial charge in [-0.2, -0.15) is 0 Å². The Balaban J connectivity index is 1.65. The normalized spacial score (nSPS) is 44.2. The monoisotopic (exact) mass is 238 g/mol. The zero-order valence-electron chi connectivity index (χ0n) is 10.7. The second-order valence-corrected chi connectivity index (χ2v) is 5.77. The van der Waals surface area contributed by atoms with Gasteiger partial charge in [0.05, 0.1) is 18.1 Å². The lowest BCUT2D eigenvalue weighted by molar-refractivity contribution is -0.137. The highest BCUT2D eigenvalue weighted by Crippen LogP contribution is 2.35. The quantitative estimate of drug-likeness (QED) is 0.772. The van der Waals surface area contributed by atoms with Gasteiger partial charge in [0.2, 0.25) is 5.91 Å². The fourth-order valence-electron chi connectivity index (χ4n) is 3.75. The average Bonchev–Trinajstić information content (AvgIpc) is 3.02. The number of hydrogen-bond donors (Lipinski definition) is 1. The zero-order valence-corrected chi connectivity index (χ0v) is 10.7. The highest BCUT2D eigenvalue weighted by Gasteiger charge is 2.45. The lowest BCUT2D eigenvalue weighted by Gasteiger charge is -2.31. The van der Waals surface area contributed by atoms with E-state index in [1.165, 1.54) is 12.8 Å². The first kappa shape index (κ1) is 11.5. The van der Waals surface area contributed by atoms with Crippen LogP contribution in [0.1, 0.15) is 32.6 Å². The molecule has 5 atom stereocenters. The number of fused-ring (bicyclic) bond motifs is 2. The van der Waals surface area contributed by atoms with Gasteiger partial charge in [0.15, 0.2) is 0 Å². The molecule has 2 bridgehead atoms. The van der Waals surface area contributed by atoms with Crippen molar-refractivity contribution in [3.8, 4) is 0 Å². The third kappa shape index (κ3) is 1.87. The fourth-order valence-corrected chi connectivity index (χ4v) is 3.75. The molecule has 0 radical (unpaired) electrons. The van der Waals surface area contributed by atoms with E-state index in [2.05, 4.69) is 12.2 Å². The van der Waals surface area contributed by atoms with Crippen molar-refractivity contribution < 1.29 is 9.53 Å². The Bertz CT molecular complexity index is 321. The first-order chi connectivity index (χ1) is 8.16. The summed E-state index contributed by atoms with van der Waals surface area (Å²) < 4.78 is 5.55. The standard InChI is InChI=1S/C13H22N2O2/c1-8-12(5-6-17-8)15(2)13(16)10-7-9-3-4-11(10)14-9/h8-12,14H,3-7H2,1-2H3. The first-order valence-electron chi connectivity index (χ1n) is 6.81. The Morgan fingerprint density at radius 1 is 1.35 bits per heavy atom. The number of hydrogen-bond acceptors (Lipinski definition) is 3. The smallest absolute Gasteiger partial charge is 0.227 e. The van der Waals surface area contributed by atoms with Crippen LogP contribution in [0.25, 0.3) is 0 Å². The maximum Gasteiger partial charge on any atom is 0.227 e. The molecule has 17 heavy (non-hydrogen) atoms. The lowest BCUT2D eigenvalue weighted by Crippen LogP contribution is -2.46. The summed E-state index contributed by atoms with van der Waals surface area (Å²) >= 11 is 0. The number of likely N-dealkylation sites (N-methyl/N-ethyl adjacent to an activating group) is 1. The van der Waals surface area contributed by atoms with Gasteiger partial charge < -0.3 is 15.0 Å². The van der Waals surface area contributed by atoms with Crippen LogP contribution in [0.15, 0.2) is 0 Å². The number of rotatable bonds is 2. The predicted octanol–water partition coefficient (Wildman–Crippen LogP) is 0.763. The molecule has 3 heterocycles. The molecular formula is C13H22N2O2. The Labute approximate surface area is 103 Å². The van der Waals surface area contributed by atoms with Crippen LogP contribution in [0.3, 0.4) is 0 Å². The van der Waals surface area contributed by atoms with Crippen LogP contribution in [0.4, 0.5) is 0 Å². The molecule has 4 nitrogen and oxygen atoms in total. The van der Waals surface area contributed by atoms with E-state index in [1.807, 2.05) is 11.9 Å². The van der Waals surface area contributed by atoms with E-state index in [0.29, 0.717) is 18.0 Å². The van der Waals surface area contributed by atoms with Crippen LogP contribution < -0.4 is 5.32 Å². The molecule has 1 amide bonds. The summed E-state index contributed by atoms with van der Waals surface area (Å²) in [6, 6.07) is 1.31. The molecule has 5 unspecified atom stereocenters. The van der Waals surface area contributed by atoms with E-state index in [0.717, 1.165) is 19.4 Å². The van der Waals surface area contributed by atoms with E-state index in [4.69, 9.17) is 4.74 Å². The maximum atomic E-state index is 12.5. The van der Waals surface area contributed by atoms with Gasteiger partial charge in [-0.3, -0.25) is 4.79 Å². The minimum absolute atomic E-state index is 0.190. The van der Waals surface area contributed by atoms with Gasteiger partial charge in [-0.05, 0) is 32.6 Å². The van der Waals surface area contributed by atoms with Gasteiger partial charge in [0.25, 0.3) is 0 Å². The summed E-state index contributed by atoms with van der Waals surface area (Å²) in [4.78, 5) is 14.4. The van der Waals surface area contributed by atoms with E-state index in [-0.39, 0.29) is 18.1 Å². The van der Waals surface area contributed by atoms with Crippen molar-refractivity contribution in [3.63, 3.8) is 0 Å². The minimum atomic E-state index is 0.190. The first-order valence-corrected chi connectivity index (χ1v) is 6.81. The van der Waals surface area contributed by atoms with Crippen LogP contribution in [0.5, 0.6) is 0 Å². The van der Waals surface area contributed by atoms with E-state index in [1.54, 1.807) is 0 Å². The van der Waals surface area contributed by atoms with E-state index >= 15 is 0 Å². The van der Waals surface area contributed by atoms with E-state index in [9.17, 15) is 4.79 Å². The summed E-state index contributed by atoms with van der Waals surface area (Å²) in [5, 5.41) is 3.54.